The maximum absolute atomic E-state index is 12.8. The minimum atomic E-state index is 0.0288. The van der Waals surface area contributed by atoms with Gasteiger partial charge in [0.05, 0.1) is 11.4 Å². The van der Waals surface area contributed by atoms with Crippen molar-refractivity contribution in [2.75, 3.05) is 7.05 Å². The second-order valence-corrected chi connectivity index (χ2v) is 9.58. The molecule has 0 saturated heterocycles. The molecule has 0 bridgehead atoms. The molecule has 0 amide bonds. The molecule has 0 saturated carbocycles. The summed E-state index contributed by atoms with van der Waals surface area (Å²) in [6.45, 7) is 6.60. The molecule has 0 radical (unpaired) electrons. The van der Waals surface area contributed by atoms with Crippen LogP contribution in [0.5, 0.6) is 0 Å². The Balaban J connectivity index is 1.70. The highest BCUT2D eigenvalue weighted by Crippen LogP contribution is 2.36. The van der Waals surface area contributed by atoms with Crippen LogP contribution < -0.4 is 5.56 Å². The Morgan fingerprint density at radius 3 is 2.88 bits per heavy atom. The number of fused-ring (bicyclic) bond motifs is 3. The molecule has 1 aliphatic carbocycles. The molecular formula is C20H25N3OS2. The third-order valence-corrected chi connectivity index (χ3v) is 7.95. The Hall–Kier alpha value is -1.50. The molecule has 1 aliphatic rings. The Morgan fingerprint density at radius 2 is 2.15 bits per heavy atom. The fraction of sp³-hybridized carbons (Fsp3) is 0.500. The minimum absolute atomic E-state index is 0.0288. The van der Waals surface area contributed by atoms with Gasteiger partial charge in [0.15, 0.2) is 0 Å². The molecule has 0 aromatic carbocycles. The predicted octanol–water partition coefficient (Wildman–Crippen LogP) is 4.92. The molecule has 0 aliphatic heterocycles. The number of H-pyrrole nitrogens is 1. The number of nitrogens with one attached hydrogen (secondary N) is 1. The van der Waals surface area contributed by atoms with Crippen LogP contribution in [0.15, 0.2) is 22.3 Å². The highest BCUT2D eigenvalue weighted by atomic mass is 32.1. The van der Waals surface area contributed by atoms with E-state index in [0.717, 1.165) is 35.3 Å². The fourth-order valence-corrected chi connectivity index (χ4v) is 6.05. The summed E-state index contributed by atoms with van der Waals surface area (Å²) >= 11 is 3.48. The lowest BCUT2D eigenvalue weighted by atomic mass is 9.89. The zero-order valence-electron chi connectivity index (χ0n) is 15.7. The Kier molecular flexibility index (Phi) is 4.75. The van der Waals surface area contributed by atoms with Crippen molar-refractivity contribution < 1.29 is 0 Å². The number of aromatic amines is 1. The summed E-state index contributed by atoms with van der Waals surface area (Å²) in [5.41, 5.74) is 1.28. The zero-order chi connectivity index (χ0) is 18.4. The second kappa shape index (κ2) is 6.91. The lowest BCUT2D eigenvalue weighted by Gasteiger charge is -2.29. The average molecular weight is 388 g/mol. The van der Waals surface area contributed by atoms with Crippen molar-refractivity contribution in [3.63, 3.8) is 0 Å². The molecule has 3 aromatic heterocycles. The Labute approximate surface area is 161 Å². The lowest BCUT2D eigenvalue weighted by molar-refractivity contribution is 0.194. The molecule has 6 heteroatoms. The van der Waals surface area contributed by atoms with Gasteiger partial charge < -0.3 is 4.98 Å². The van der Waals surface area contributed by atoms with Gasteiger partial charge in [-0.1, -0.05) is 13.0 Å². The van der Waals surface area contributed by atoms with E-state index in [1.165, 1.54) is 15.3 Å². The molecule has 3 unspecified atom stereocenters. The van der Waals surface area contributed by atoms with Gasteiger partial charge in [-0.2, -0.15) is 0 Å². The molecular weight excluding hydrogens is 362 g/mol. The van der Waals surface area contributed by atoms with Crippen LogP contribution in [-0.2, 0) is 12.8 Å². The van der Waals surface area contributed by atoms with E-state index in [1.807, 2.05) is 0 Å². The first-order valence-electron chi connectivity index (χ1n) is 9.25. The summed E-state index contributed by atoms with van der Waals surface area (Å²) in [6.07, 6.45) is 3.25. The van der Waals surface area contributed by atoms with Gasteiger partial charge in [-0.25, -0.2) is 4.98 Å². The molecule has 26 heavy (non-hydrogen) atoms. The topological polar surface area (TPSA) is 49.0 Å². The van der Waals surface area contributed by atoms with Crippen LogP contribution in [0, 0.1) is 5.92 Å². The van der Waals surface area contributed by atoms with E-state index in [2.05, 4.69) is 55.2 Å². The summed E-state index contributed by atoms with van der Waals surface area (Å²) in [7, 11) is 2.10. The first kappa shape index (κ1) is 17.9. The third-order valence-electron chi connectivity index (χ3n) is 5.76. The molecule has 1 N–H and O–H groups in total. The van der Waals surface area contributed by atoms with Gasteiger partial charge >= 0.3 is 0 Å². The Morgan fingerprint density at radius 1 is 1.35 bits per heavy atom. The smallest absolute Gasteiger partial charge is 0.259 e. The van der Waals surface area contributed by atoms with Crippen LogP contribution in [-0.4, -0.2) is 21.9 Å². The maximum Gasteiger partial charge on any atom is 0.259 e. The number of thiophene rings is 2. The molecule has 0 fully saturated rings. The number of nitrogens with zero attached hydrogens (tertiary/aromatic N) is 2. The predicted molar refractivity (Wildman–Crippen MR) is 110 cm³/mol. The van der Waals surface area contributed by atoms with Gasteiger partial charge in [0.25, 0.3) is 5.56 Å². The first-order valence-corrected chi connectivity index (χ1v) is 10.9. The summed E-state index contributed by atoms with van der Waals surface area (Å²) in [6, 6.07) is 4.57. The standard InChI is InChI=1S/C20H25N3OS2/c1-11-7-8-14-16(10-11)26-20-17(14)19(24)21-18(22-20)13(3)23(4)12(2)15-6-5-9-25-15/h5-6,9,11-13H,7-8,10H2,1-4H3,(H,21,22,24). The molecule has 4 nitrogen and oxygen atoms in total. The number of aryl methyl sites for hydroxylation is 1. The number of rotatable bonds is 4. The first-order chi connectivity index (χ1) is 12.5. The number of hydrogen-bond acceptors (Lipinski definition) is 5. The van der Waals surface area contributed by atoms with E-state index in [4.69, 9.17) is 4.98 Å². The molecule has 3 aromatic rings. The largest absolute Gasteiger partial charge is 0.309 e. The molecule has 138 valence electrons. The van der Waals surface area contributed by atoms with Gasteiger partial charge in [-0.15, -0.1) is 22.7 Å². The van der Waals surface area contributed by atoms with Crippen molar-refractivity contribution in [1.29, 1.82) is 0 Å². The van der Waals surface area contributed by atoms with E-state index >= 15 is 0 Å². The summed E-state index contributed by atoms with van der Waals surface area (Å²) < 4.78 is 0. The van der Waals surface area contributed by atoms with Crippen LogP contribution in [0.2, 0.25) is 0 Å². The van der Waals surface area contributed by atoms with E-state index in [1.54, 1.807) is 22.7 Å². The van der Waals surface area contributed by atoms with Gasteiger partial charge in [0.1, 0.15) is 10.7 Å². The lowest BCUT2D eigenvalue weighted by Crippen LogP contribution is -2.28. The summed E-state index contributed by atoms with van der Waals surface area (Å²) in [5.74, 6) is 1.46. The second-order valence-electron chi connectivity index (χ2n) is 7.52. The van der Waals surface area contributed by atoms with Crippen LogP contribution in [0.3, 0.4) is 0 Å². The number of hydrogen-bond donors (Lipinski definition) is 1. The summed E-state index contributed by atoms with van der Waals surface area (Å²) in [5, 5.41) is 2.94. The molecule has 4 rings (SSSR count). The van der Waals surface area contributed by atoms with E-state index in [0.29, 0.717) is 5.92 Å². The highest BCUT2D eigenvalue weighted by molar-refractivity contribution is 7.18. The fourth-order valence-electron chi connectivity index (χ4n) is 3.82. The van der Waals surface area contributed by atoms with Gasteiger partial charge in [0, 0.05) is 15.8 Å². The third kappa shape index (κ3) is 3.04. The van der Waals surface area contributed by atoms with Gasteiger partial charge in [-0.05, 0) is 63.1 Å². The zero-order valence-corrected chi connectivity index (χ0v) is 17.3. The SMILES string of the molecule is CC1CCc2c(sc3nc(C(C)N(C)C(C)c4cccs4)[nH]c(=O)c23)C1. The highest BCUT2D eigenvalue weighted by Gasteiger charge is 2.26. The van der Waals surface area contributed by atoms with Crippen LogP contribution in [0.25, 0.3) is 10.2 Å². The molecule has 3 atom stereocenters. The van der Waals surface area contributed by atoms with Crippen molar-refractivity contribution in [3.8, 4) is 0 Å². The minimum Gasteiger partial charge on any atom is -0.309 e. The van der Waals surface area contributed by atoms with Crippen LogP contribution in [0.4, 0.5) is 0 Å². The molecule has 3 heterocycles. The quantitative estimate of drug-likeness (QED) is 0.691. The maximum atomic E-state index is 12.8. The van der Waals surface area contributed by atoms with Gasteiger partial charge in [-0.3, -0.25) is 9.69 Å². The Bertz CT molecular complexity index is 973. The van der Waals surface area contributed by atoms with Crippen molar-refractivity contribution in [1.82, 2.24) is 14.9 Å². The van der Waals surface area contributed by atoms with Crippen LogP contribution >= 0.6 is 22.7 Å². The summed E-state index contributed by atoms with van der Waals surface area (Å²) in [4.78, 5) is 26.7. The van der Waals surface area contributed by atoms with Crippen molar-refractivity contribution in [2.24, 2.45) is 5.92 Å². The van der Waals surface area contributed by atoms with E-state index < -0.39 is 0 Å². The van der Waals surface area contributed by atoms with Gasteiger partial charge in [0.2, 0.25) is 0 Å². The number of aromatic nitrogens is 2. The average Bonchev–Trinajstić information content (AvgIpc) is 3.26. The monoisotopic (exact) mass is 387 g/mol. The normalized spacial score (nSPS) is 19.7. The molecule has 0 spiro atoms. The van der Waals surface area contributed by atoms with Crippen molar-refractivity contribution >= 4 is 32.9 Å². The van der Waals surface area contributed by atoms with Crippen LogP contribution in [0.1, 0.15) is 60.4 Å². The van der Waals surface area contributed by atoms with Crippen molar-refractivity contribution in [3.05, 3.63) is 49.0 Å². The van der Waals surface area contributed by atoms with E-state index in [-0.39, 0.29) is 17.6 Å². The van der Waals surface area contributed by atoms with Crippen molar-refractivity contribution in [2.45, 2.75) is 52.1 Å². The van der Waals surface area contributed by atoms with E-state index in [9.17, 15) is 4.79 Å².